The summed E-state index contributed by atoms with van der Waals surface area (Å²) in [5, 5.41) is 10.8. The van der Waals surface area contributed by atoms with Crippen molar-refractivity contribution >= 4 is 6.09 Å². The van der Waals surface area contributed by atoms with E-state index in [-0.39, 0.29) is 6.09 Å². The van der Waals surface area contributed by atoms with Gasteiger partial charge in [0.2, 0.25) is 0 Å². The molecule has 1 unspecified atom stereocenters. The largest absolute Gasteiger partial charge is 0.444 e. The number of carbonyl (C=O) groups excluding carboxylic acids is 1. The normalized spacial score (nSPS) is 30.4. The number of aliphatic hydroxyl groups is 1. The molecule has 0 aromatic heterocycles. The zero-order valence-corrected chi connectivity index (χ0v) is 12.6. The predicted octanol–water partition coefficient (Wildman–Crippen LogP) is 0.866. The number of rotatable bonds is 1. The fourth-order valence-electron chi connectivity index (χ4n) is 2.82. The summed E-state index contributed by atoms with van der Waals surface area (Å²) in [5.74, 6) is 0. The molecule has 2 saturated heterocycles. The van der Waals surface area contributed by atoms with Crippen LogP contribution in [0.2, 0.25) is 0 Å². The van der Waals surface area contributed by atoms with E-state index in [4.69, 9.17) is 15.2 Å². The van der Waals surface area contributed by atoms with Crippen molar-refractivity contribution in [3.05, 3.63) is 0 Å². The highest BCUT2D eigenvalue weighted by molar-refractivity contribution is 5.70. The molecule has 0 saturated carbocycles. The molecule has 0 radical (unpaired) electrons. The van der Waals surface area contributed by atoms with Gasteiger partial charge in [0.25, 0.3) is 0 Å². The van der Waals surface area contributed by atoms with Gasteiger partial charge in [-0.15, -0.1) is 0 Å². The molecule has 116 valence electrons. The third-order valence-electron chi connectivity index (χ3n) is 4.06. The molecule has 2 aliphatic rings. The highest BCUT2D eigenvalue weighted by atomic mass is 16.6. The summed E-state index contributed by atoms with van der Waals surface area (Å²) in [6, 6.07) is 0. The van der Waals surface area contributed by atoms with Gasteiger partial charge in [-0.3, -0.25) is 0 Å². The van der Waals surface area contributed by atoms with Gasteiger partial charge >= 0.3 is 6.09 Å². The maximum Gasteiger partial charge on any atom is 0.410 e. The molecule has 20 heavy (non-hydrogen) atoms. The van der Waals surface area contributed by atoms with Crippen LogP contribution in [0.15, 0.2) is 0 Å². The van der Waals surface area contributed by atoms with Gasteiger partial charge in [0.05, 0.1) is 11.1 Å². The Bertz CT molecular complexity index is 364. The second kappa shape index (κ2) is 5.16. The van der Waals surface area contributed by atoms with Crippen molar-refractivity contribution in [2.75, 3.05) is 26.3 Å². The zero-order valence-electron chi connectivity index (χ0n) is 12.6. The van der Waals surface area contributed by atoms with Crippen molar-refractivity contribution in [3.8, 4) is 0 Å². The summed E-state index contributed by atoms with van der Waals surface area (Å²) in [6.45, 7) is 7.33. The van der Waals surface area contributed by atoms with Crippen molar-refractivity contribution in [1.82, 2.24) is 4.90 Å². The summed E-state index contributed by atoms with van der Waals surface area (Å²) in [6.07, 6.45) is 1.56. The Morgan fingerprint density at radius 3 is 2.55 bits per heavy atom. The van der Waals surface area contributed by atoms with Crippen LogP contribution in [0.1, 0.15) is 40.0 Å². The molecule has 2 aliphatic heterocycles. The molecule has 6 nitrogen and oxygen atoms in total. The second-order valence-corrected chi connectivity index (χ2v) is 6.99. The minimum absolute atomic E-state index is 0.332. The van der Waals surface area contributed by atoms with E-state index >= 15 is 0 Å². The average Bonchev–Trinajstić information content (AvgIpc) is 2.48. The number of nitrogens with zero attached hydrogens (tertiary/aromatic N) is 1. The average molecular weight is 286 g/mol. The third-order valence-corrected chi connectivity index (χ3v) is 4.06. The first-order valence-electron chi connectivity index (χ1n) is 7.22. The lowest BCUT2D eigenvalue weighted by atomic mass is 9.71. The number of ether oxygens (including phenoxy) is 2. The number of amides is 1. The summed E-state index contributed by atoms with van der Waals surface area (Å²) >= 11 is 0. The first kappa shape index (κ1) is 15.5. The number of hydrogen-bond acceptors (Lipinski definition) is 5. The molecule has 1 amide bonds. The monoisotopic (exact) mass is 286 g/mol. The fraction of sp³-hybridized carbons (Fsp3) is 0.929. The Balaban J connectivity index is 1.94. The Labute approximate surface area is 120 Å². The van der Waals surface area contributed by atoms with E-state index in [0.717, 1.165) is 6.42 Å². The van der Waals surface area contributed by atoms with Gasteiger partial charge in [0.1, 0.15) is 5.60 Å². The zero-order chi connectivity index (χ0) is 15.0. The molecule has 0 bridgehead atoms. The van der Waals surface area contributed by atoms with Crippen molar-refractivity contribution in [1.29, 1.82) is 0 Å². The molecule has 2 fully saturated rings. The number of carbonyl (C=O) groups is 1. The van der Waals surface area contributed by atoms with E-state index < -0.39 is 16.7 Å². The van der Waals surface area contributed by atoms with Crippen LogP contribution >= 0.6 is 0 Å². The Morgan fingerprint density at radius 2 is 1.95 bits per heavy atom. The molecular weight excluding hydrogens is 260 g/mol. The molecule has 1 atom stereocenters. The molecule has 0 spiro atoms. The molecule has 2 rings (SSSR count). The molecule has 0 aromatic carbocycles. The highest BCUT2D eigenvalue weighted by Gasteiger charge is 2.56. The SMILES string of the molecule is CC(C)(C)OC(=O)N1CC(N)(C2(O)CCCOCC2)C1. The van der Waals surface area contributed by atoms with Gasteiger partial charge < -0.3 is 25.2 Å². The molecule has 0 aromatic rings. The topological polar surface area (TPSA) is 85.0 Å². The Morgan fingerprint density at radius 1 is 1.30 bits per heavy atom. The molecule has 2 heterocycles. The van der Waals surface area contributed by atoms with E-state index in [9.17, 15) is 9.90 Å². The fourth-order valence-corrected chi connectivity index (χ4v) is 2.82. The van der Waals surface area contributed by atoms with Crippen molar-refractivity contribution in [2.45, 2.75) is 56.8 Å². The highest BCUT2D eigenvalue weighted by Crippen LogP contribution is 2.37. The second-order valence-electron chi connectivity index (χ2n) is 6.99. The number of hydrogen-bond donors (Lipinski definition) is 2. The van der Waals surface area contributed by atoms with E-state index in [1.54, 1.807) is 4.90 Å². The van der Waals surface area contributed by atoms with Crippen LogP contribution in [0.5, 0.6) is 0 Å². The number of nitrogens with two attached hydrogens (primary N) is 1. The predicted molar refractivity (Wildman–Crippen MR) is 74.3 cm³/mol. The third kappa shape index (κ3) is 3.07. The van der Waals surface area contributed by atoms with Crippen molar-refractivity contribution in [2.24, 2.45) is 5.73 Å². The molecule has 3 N–H and O–H groups in total. The van der Waals surface area contributed by atoms with E-state index in [0.29, 0.717) is 39.1 Å². The van der Waals surface area contributed by atoms with Gasteiger partial charge in [-0.2, -0.15) is 0 Å². The first-order chi connectivity index (χ1) is 9.15. The standard InChI is InChI=1S/C14H26N2O4/c1-12(2,3)20-11(17)16-9-13(15,10-16)14(18)5-4-7-19-8-6-14/h18H,4-10,15H2,1-3H3. The van der Waals surface area contributed by atoms with Crippen molar-refractivity contribution in [3.63, 3.8) is 0 Å². The van der Waals surface area contributed by atoms with E-state index in [2.05, 4.69) is 0 Å². The lowest BCUT2D eigenvalue weighted by Gasteiger charge is -2.55. The van der Waals surface area contributed by atoms with Gasteiger partial charge in [0, 0.05) is 32.7 Å². The summed E-state index contributed by atoms with van der Waals surface area (Å²) in [7, 11) is 0. The summed E-state index contributed by atoms with van der Waals surface area (Å²) < 4.78 is 10.7. The van der Waals surface area contributed by atoms with Crippen LogP contribution in [0.3, 0.4) is 0 Å². The number of likely N-dealkylation sites (tertiary alicyclic amines) is 1. The van der Waals surface area contributed by atoms with Crippen LogP contribution in [0.25, 0.3) is 0 Å². The smallest absolute Gasteiger partial charge is 0.410 e. The molecular formula is C14H26N2O4. The van der Waals surface area contributed by atoms with E-state index in [1.807, 2.05) is 20.8 Å². The quantitative estimate of drug-likeness (QED) is 0.747. The maximum atomic E-state index is 11.9. The van der Waals surface area contributed by atoms with E-state index in [1.165, 1.54) is 0 Å². The van der Waals surface area contributed by atoms with Gasteiger partial charge in [0.15, 0.2) is 0 Å². The van der Waals surface area contributed by atoms with Crippen LogP contribution in [0.4, 0.5) is 4.79 Å². The van der Waals surface area contributed by atoms with Gasteiger partial charge in [-0.1, -0.05) is 0 Å². The lowest BCUT2D eigenvalue weighted by Crippen LogP contribution is -2.78. The minimum Gasteiger partial charge on any atom is -0.444 e. The molecule has 6 heteroatoms. The van der Waals surface area contributed by atoms with Crippen LogP contribution in [0, 0.1) is 0 Å². The van der Waals surface area contributed by atoms with Gasteiger partial charge in [-0.05, 0) is 33.6 Å². The summed E-state index contributed by atoms with van der Waals surface area (Å²) in [5.41, 5.74) is 4.09. The molecule has 0 aliphatic carbocycles. The van der Waals surface area contributed by atoms with Crippen LogP contribution in [-0.2, 0) is 9.47 Å². The van der Waals surface area contributed by atoms with Crippen molar-refractivity contribution < 1.29 is 19.4 Å². The minimum atomic E-state index is -0.956. The summed E-state index contributed by atoms with van der Waals surface area (Å²) in [4.78, 5) is 13.5. The Kier molecular flexibility index (Phi) is 4.01. The van der Waals surface area contributed by atoms with Gasteiger partial charge in [-0.25, -0.2) is 4.79 Å². The van der Waals surface area contributed by atoms with Crippen LogP contribution in [-0.4, -0.2) is 59.1 Å². The first-order valence-corrected chi connectivity index (χ1v) is 7.22. The van der Waals surface area contributed by atoms with Crippen LogP contribution < -0.4 is 5.73 Å². The maximum absolute atomic E-state index is 11.9. The Hall–Kier alpha value is -0.850. The lowest BCUT2D eigenvalue weighted by molar-refractivity contribution is -0.113.